The number of fused-ring (bicyclic) bond motifs is 1. The van der Waals surface area contributed by atoms with Crippen LogP contribution in [0, 0.1) is 5.41 Å². The molecule has 3 rings (SSSR count). The minimum Gasteiger partial charge on any atom is -0.384 e. The molecule has 0 bridgehead atoms. The zero-order valence-corrected chi connectivity index (χ0v) is 14.8. The fourth-order valence-corrected chi connectivity index (χ4v) is 2.63. The fourth-order valence-electron chi connectivity index (χ4n) is 2.63. The second kappa shape index (κ2) is 5.78. The first-order valence-electron chi connectivity index (χ1n) is 8.11. The number of pyridine rings is 1. The van der Waals surface area contributed by atoms with E-state index in [9.17, 15) is 4.79 Å². The highest BCUT2D eigenvalue weighted by molar-refractivity contribution is 5.99. The molecule has 126 valence electrons. The average molecular weight is 325 g/mol. The van der Waals surface area contributed by atoms with Crippen molar-refractivity contribution in [3.63, 3.8) is 0 Å². The largest absolute Gasteiger partial charge is 0.384 e. The van der Waals surface area contributed by atoms with Crippen LogP contribution in [0.3, 0.4) is 0 Å². The Morgan fingerprint density at radius 3 is 2.71 bits per heavy atom. The van der Waals surface area contributed by atoms with E-state index in [1.165, 1.54) is 0 Å². The monoisotopic (exact) mass is 325 g/mol. The molecule has 0 saturated heterocycles. The molecule has 0 saturated carbocycles. The number of aromatic amines is 1. The van der Waals surface area contributed by atoms with Gasteiger partial charge in [0, 0.05) is 25.2 Å². The Bertz CT molecular complexity index is 898. The second-order valence-corrected chi connectivity index (χ2v) is 6.98. The number of hydrogen-bond acceptors (Lipinski definition) is 4. The highest BCUT2D eigenvalue weighted by Gasteiger charge is 2.24. The van der Waals surface area contributed by atoms with Crippen molar-refractivity contribution in [2.24, 2.45) is 12.5 Å². The number of ketones is 1. The number of anilines is 1. The zero-order valence-electron chi connectivity index (χ0n) is 14.8. The highest BCUT2D eigenvalue weighted by atomic mass is 16.1. The number of carbonyl (C=O) groups excluding carboxylic acids is 1. The summed E-state index contributed by atoms with van der Waals surface area (Å²) in [4.78, 5) is 24.7. The first-order valence-corrected chi connectivity index (χ1v) is 8.11. The third-order valence-corrected chi connectivity index (χ3v) is 3.89. The van der Waals surface area contributed by atoms with Gasteiger partial charge in [0.25, 0.3) is 0 Å². The molecule has 0 spiro atoms. The summed E-state index contributed by atoms with van der Waals surface area (Å²) < 4.78 is 2.01. The predicted molar refractivity (Wildman–Crippen MR) is 96.2 cm³/mol. The summed E-state index contributed by atoms with van der Waals surface area (Å²) in [5.41, 5.74) is 3.40. The Labute approximate surface area is 141 Å². The number of hydrogen-bond donors (Lipinski definition) is 2. The van der Waals surface area contributed by atoms with Gasteiger partial charge in [-0.25, -0.2) is 9.97 Å². The van der Waals surface area contributed by atoms with Gasteiger partial charge in [0.2, 0.25) is 0 Å². The van der Waals surface area contributed by atoms with Crippen LogP contribution in [0.25, 0.3) is 22.7 Å². The van der Waals surface area contributed by atoms with Gasteiger partial charge in [-0.3, -0.25) is 4.79 Å². The SMILES string of the molecule is CCNc1cc(-c2nc3ccc(C(=O)C(C)(C)C)nc3[nH]2)n(C)c1. The number of rotatable bonds is 4. The highest BCUT2D eigenvalue weighted by Crippen LogP contribution is 2.25. The van der Waals surface area contributed by atoms with Crippen molar-refractivity contribution < 1.29 is 4.79 Å². The standard InChI is InChI=1S/C18H23N5O/c1-6-19-11-9-14(23(5)10-11)17-21-13-8-7-12(20-16(13)22-17)15(24)18(2,3)4/h7-10,19H,6H2,1-5H3,(H,20,21,22). The number of carbonyl (C=O) groups is 1. The van der Waals surface area contributed by atoms with E-state index < -0.39 is 5.41 Å². The summed E-state index contributed by atoms with van der Waals surface area (Å²) in [5.74, 6) is 0.762. The van der Waals surface area contributed by atoms with E-state index >= 15 is 0 Å². The Kier molecular flexibility index (Phi) is 3.91. The lowest BCUT2D eigenvalue weighted by molar-refractivity contribution is 0.0853. The summed E-state index contributed by atoms with van der Waals surface area (Å²) in [5, 5.41) is 3.29. The summed E-state index contributed by atoms with van der Waals surface area (Å²) in [6.45, 7) is 8.61. The number of Topliss-reactive ketones (excluding diaryl/α,β-unsaturated/α-hetero) is 1. The van der Waals surface area contributed by atoms with Crippen LogP contribution >= 0.6 is 0 Å². The number of aromatic nitrogens is 4. The number of H-pyrrole nitrogens is 1. The van der Waals surface area contributed by atoms with Crippen molar-refractivity contribution >= 4 is 22.6 Å². The average Bonchev–Trinajstić information content (AvgIpc) is 3.08. The van der Waals surface area contributed by atoms with E-state index in [1.54, 1.807) is 6.07 Å². The number of aryl methyl sites for hydroxylation is 1. The van der Waals surface area contributed by atoms with Gasteiger partial charge in [-0.15, -0.1) is 0 Å². The topological polar surface area (TPSA) is 75.6 Å². The van der Waals surface area contributed by atoms with Crippen LogP contribution in [-0.2, 0) is 7.05 Å². The number of nitrogens with one attached hydrogen (secondary N) is 2. The van der Waals surface area contributed by atoms with Crippen LogP contribution < -0.4 is 5.32 Å². The zero-order chi connectivity index (χ0) is 17.5. The van der Waals surface area contributed by atoms with E-state index in [-0.39, 0.29) is 5.78 Å². The fraction of sp³-hybridized carbons (Fsp3) is 0.389. The lowest BCUT2D eigenvalue weighted by Crippen LogP contribution is -2.21. The minimum absolute atomic E-state index is 0.0221. The van der Waals surface area contributed by atoms with Crippen molar-refractivity contribution in [1.82, 2.24) is 19.5 Å². The van der Waals surface area contributed by atoms with Gasteiger partial charge in [-0.1, -0.05) is 20.8 Å². The van der Waals surface area contributed by atoms with Gasteiger partial charge in [-0.05, 0) is 25.1 Å². The van der Waals surface area contributed by atoms with Gasteiger partial charge in [0.1, 0.15) is 11.2 Å². The summed E-state index contributed by atoms with van der Waals surface area (Å²) in [6.07, 6.45) is 2.02. The smallest absolute Gasteiger partial charge is 0.186 e. The van der Waals surface area contributed by atoms with Crippen molar-refractivity contribution in [1.29, 1.82) is 0 Å². The molecule has 0 fully saturated rings. The van der Waals surface area contributed by atoms with E-state index in [0.717, 1.165) is 29.3 Å². The molecule has 0 radical (unpaired) electrons. The molecule has 0 amide bonds. The van der Waals surface area contributed by atoms with Crippen molar-refractivity contribution in [3.05, 3.63) is 30.1 Å². The van der Waals surface area contributed by atoms with Crippen LogP contribution in [0.1, 0.15) is 38.2 Å². The molecule has 0 aliphatic heterocycles. The maximum Gasteiger partial charge on any atom is 0.186 e. The summed E-state index contributed by atoms with van der Waals surface area (Å²) in [6, 6.07) is 5.63. The number of imidazole rings is 1. The van der Waals surface area contributed by atoms with Crippen LogP contribution in [0.4, 0.5) is 5.69 Å². The molecule has 3 heterocycles. The number of nitrogens with zero attached hydrogens (tertiary/aromatic N) is 3. The maximum atomic E-state index is 12.4. The molecule has 6 nitrogen and oxygen atoms in total. The van der Waals surface area contributed by atoms with Crippen LogP contribution in [0.15, 0.2) is 24.4 Å². The Balaban J connectivity index is 2.02. The van der Waals surface area contributed by atoms with E-state index in [0.29, 0.717) is 11.3 Å². The lowest BCUT2D eigenvalue weighted by atomic mass is 9.89. The van der Waals surface area contributed by atoms with Gasteiger partial charge in [-0.2, -0.15) is 0 Å². The third-order valence-electron chi connectivity index (χ3n) is 3.89. The van der Waals surface area contributed by atoms with Crippen molar-refractivity contribution in [2.45, 2.75) is 27.7 Å². The Hall–Kier alpha value is -2.63. The van der Waals surface area contributed by atoms with Gasteiger partial charge in [0.15, 0.2) is 17.3 Å². The molecule has 0 atom stereocenters. The molecule has 0 aliphatic rings. The molecule has 24 heavy (non-hydrogen) atoms. The van der Waals surface area contributed by atoms with Crippen molar-refractivity contribution in [2.75, 3.05) is 11.9 Å². The maximum absolute atomic E-state index is 12.4. The van der Waals surface area contributed by atoms with Gasteiger partial charge >= 0.3 is 0 Å². The van der Waals surface area contributed by atoms with E-state index in [2.05, 4.69) is 27.2 Å². The lowest BCUT2D eigenvalue weighted by Gasteiger charge is -2.15. The summed E-state index contributed by atoms with van der Waals surface area (Å²) >= 11 is 0. The van der Waals surface area contributed by atoms with Crippen LogP contribution in [-0.4, -0.2) is 31.8 Å². The van der Waals surface area contributed by atoms with Gasteiger partial charge < -0.3 is 14.9 Å². The summed E-state index contributed by atoms with van der Waals surface area (Å²) in [7, 11) is 1.98. The molecule has 3 aromatic rings. The van der Waals surface area contributed by atoms with E-state index in [4.69, 9.17) is 0 Å². The molecule has 0 aliphatic carbocycles. The van der Waals surface area contributed by atoms with Crippen molar-refractivity contribution in [3.8, 4) is 11.5 Å². The predicted octanol–water partition coefficient (Wildman–Crippen LogP) is 3.62. The molecular formula is C18H23N5O. The Morgan fingerprint density at radius 1 is 1.29 bits per heavy atom. The molecule has 0 aromatic carbocycles. The van der Waals surface area contributed by atoms with Crippen LogP contribution in [0.2, 0.25) is 0 Å². The van der Waals surface area contributed by atoms with Crippen LogP contribution in [0.5, 0.6) is 0 Å². The quantitative estimate of drug-likeness (QED) is 0.718. The second-order valence-electron chi connectivity index (χ2n) is 6.98. The molecular weight excluding hydrogens is 302 g/mol. The molecule has 0 unspecified atom stereocenters. The molecule has 6 heteroatoms. The first-order chi connectivity index (χ1) is 11.3. The molecule has 2 N–H and O–H groups in total. The normalized spacial score (nSPS) is 11.9. The third kappa shape index (κ3) is 2.91. The Morgan fingerprint density at radius 2 is 2.04 bits per heavy atom. The minimum atomic E-state index is -0.456. The molecule has 3 aromatic heterocycles. The first kappa shape index (κ1) is 16.2. The van der Waals surface area contributed by atoms with E-state index in [1.807, 2.05) is 50.7 Å². The van der Waals surface area contributed by atoms with Gasteiger partial charge in [0.05, 0.1) is 11.4 Å².